The van der Waals surface area contributed by atoms with Gasteiger partial charge in [-0.2, -0.15) is 0 Å². The predicted molar refractivity (Wildman–Crippen MR) is 118 cm³/mol. The van der Waals surface area contributed by atoms with Gasteiger partial charge in [0.05, 0.1) is 11.1 Å². The molecule has 0 unspecified atom stereocenters. The minimum Gasteiger partial charge on any atom is -0.444 e. The Morgan fingerprint density at radius 1 is 0.909 bits per heavy atom. The van der Waals surface area contributed by atoms with Crippen molar-refractivity contribution in [3.63, 3.8) is 0 Å². The first-order chi connectivity index (χ1) is 15.6. The maximum absolute atomic E-state index is 12.5. The number of hydrogen-bond acceptors (Lipinski definition) is 6. The summed E-state index contributed by atoms with van der Waals surface area (Å²) >= 11 is 0. The van der Waals surface area contributed by atoms with E-state index in [4.69, 9.17) is 4.74 Å². The normalized spacial score (nSPS) is 16.0. The van der Waals surface area contributed by atoms with Gasteiger partial charge in [0.15, 0.2) is 0 Å². The largest absolute Gasteiger partial charge is 0.444 e. The lowest BCUT2D eigenvalue weighted by atomic mass is 10.1. The standard InChI is InChI=1S/C23H30N4O6/c1-23(2,3)33-22(32)24-15-19(29)26-13-11-25(12-14-26)18(28)9-6-10-27-20(30)16-7-4-5-8-17(16)21(27)31/h4-5,7-8H,6,9-15H2,1-3H3,(H,24,32). The Labute approximate surface area is 192 Å². The van der Waals surface area contributed by atoms with E-state index in [-0.39, 0.29) is 43.1 Å². The molecule has 0 aromatic heterocycles. The third kappa shape index (κ3) is 6.09. The van der Waals surface area contributed by atoms with Gasteiger partial charge in [-0.05, 0) is 39.3 Å². The molecule has 2 aliphatic heterocycles. The minimum absolute atomic E-state index is 0.0782. The van der Waals surface area contributed by atoms with Gasteiger partial charge in [-0.25, -0.2) is 4.79 Å². The fraction of sp³-hybridized carbons (Fsp3) is 0.522. The zero-order valence-electron chi connectivity index (χ0n) is 19.3. The highest BCUT2D eigenvalue weighted by atomic mass is 16.6. The number of nitrogens with zero attached hydrogens (tertiary/aromatic N) is 3. The van der Waals surface area contributed by atoms with Crippen LogP contribution in [0.5, 0.6) is 0 Å². The average molecular weight is 459 g/mol. The van der Waals surface area contributed by atoms with Crippen LogP contribution in [0.3, 0.4) is 0 Å². The van der Waals surface area contributed by atoms with Crippen LogP contribution in [0.1, 0.15) is 54.3 Å². The van der Waals surface area contributed by atoms with E-state index < -0.39 is 11.7 Å². The van der Waals surface area contributed by atoms with Crippen molar-refractivity contribution < 1.29 is 28.7 Å². The molecule has 1 aromatic rings. The highest BCUT2D eigenvalue weighted by Gasteiger charge is 2.34. The average Bonchev–Trinajstić information content (AvgIpc) is 3.01. The molecule has 0 bridgehead atoms. The van der Waals surface area contributed by atoms with Gasteiger partial charge >= 0.3 is 6.09 Å². The molecule has 1 aromatic carbocycles. The Morgan fingerprint density at radius 3 is 1.94 bits per heavy atom. The molecule has 0 aliphatic carbocycles. The summed E-state index contributed by atoms with van der Waals surface area (Å²) in [5.41, 5.74) is 0.157. The summed E-state index contributed by atoms with van der Waals surface area (Å²) in [6.45, 7) is 6.78. The lowest BCUT2D eigenvalue weighted by molar-refractivity contribution is -0.139. The highest BCUT2D eigenvalue weighted by molar-refractivity contribution is 6.21. The number of carbonyl (C=O) groups is 5. The van der Waals surface area contributed by atoms with Gasteiger partial charge in [0.2, 0.25) is 11.8 Å². The molecule has 0 radical (unpaired) electrons. The number of nitrogens with one attached hydrogen (secondary N) is 1. The van der Waals surface area contributed by atoms with Gasteiger partial charge in [0, 0.05) is 39.1 Å². The van der Waals surface area contributed by atoms with Gasteiger partial charge in [-0.1, -0.05) is 12.1 Å². The number of rotatable bonds is 6. The summed E-state index contributed by atoms with van der Waals surface area (Å²) in [5.74, 6) is -0.963. The van der Waals surface area contributed by atoms with Crippen LogP contribution in [-0.4, -0.2) is 89.3 Å². The Kier molecular flexibility index (Phi) is 7.35. The monoisotopic (exact) mass is 458 g/mol. The Morgan fingerprint density at radius 2 is 1.42 bits per heavy atom. The number of carbonyl (C=O) groups excluding carboxylic acids is 5. The summed E-state index contributed by atoms with van der Waals surface area (Å²) < 4.78 is 5.11. The highest BCUT2D eigenvalue weighted by Crippen LogP contribution is 2.22. The molecule has 33 heavy (non-hydrogen) atoms. The molecule has 10 heteroatoms. The molecule has 3 rings (SSSR count). The van der Waals surface area contributed by atoms with Crippen LogP contribution in [0.25, 0.3) is 0 Å². The summed E-state index contributed by atoms with van der Waals surface area (Å²) in [4.78, 5) is 65.8. The van der Waals surface area contributed by atoms with Gasteiger partial charge in [-0.15, -0.1) is 0 Å². The fourth-order valence-corrected chi connectivity index (χ4v) is 3.77. The molecule has 178 valence electrons. The number of hydrogen-bond donors (Lipinski definition) is 1. The molecule has 2 aliphatic rings. The molecular formula is C23H30N4O6. The molecule has 5 amide bonds. The van der Waals surface area contributed by atoms with Crippen molar-refractivity contribution in [2.45, 2.75) is 39.2 Å². The molecule has 0 saturated carbocycles. The topological polar surface area (TPSA) is 116 Å². The summed E-state index contributed by atoms with van der Waals surface area (Å²) in [6.07, 6.45) is -0.0622. The fourth-order valence-electron chi connectivity index (χ4n) is 3.77. The van der Waals surface area contributed by atoms with E-state index in [1.165, 1.54) is 4.90 Å². The van der Waals surface area contributed by atoms with Crippen LogP contribution < -0.4 is 5.32 Å². The first-order valence-electron chi connectivity index (χ1n) is 11.0. The van der Waals surface area contributed by atoms with Crippen molar-refractivity contribution >= 4 is 29.7 Å². The molecule has 10 nitrogen and oxygen atoms in total. The third-order valence-electron chi connectivity index (χ3n) is 5.42. The predicted octanol–water partition coefficient (Wildman–Crippen LogP) is 1.26. The maximum atomic E-state index is 12.5. The van der Waals surface area contributed by atoms with E-state index in [0.717, 1.165) is 0 Å². The van der Waals surface area contributed by atoms with Crippen LogP contribution in [0.2, 0.25) is 0 Å². The van der Waals surface area contributed by atoms with Crippen LogP contribution in [0, 0.1) is 0 Å². The molecule has 2 heterocycles. The molecule has 1 saturated heterocycles. The SMILES string of the molecule is CC(C)(C)OC(=O)NCC(=O)N1CCN(C(=O)CCCN2C(=O)c3ccccc3C2=O)CC1. The van der Waals surface area contributed by atoms with E-state index in [1.807, 2.05) is 0 Å². The van der Waals surface area contributed by atoms with Crippen molar-refractivity contribution in [2.75, 3.05) is 39.3 Å². The van der Waals surface area contributed by atoms with Crippen molar-refractivity contribution in [3.05, 3.63) is 35.4 Å². The Hall–Kier alpha value is -3.43. The van der Waals surface area contributed by atoms with Crippen molar-refractivity contribution in [1.29, 1.82) is 0 Å². The first kappa shape index (κ1) is 24.2. The van der Waals surface area contributed by atoms with Crippen LogP contribution in [0.15, 0.2) is 24.3 Å². The van der Waals surface area contributed by atoms with E-state index >= 15 is 0 Å². The second kappa shape index (κ2) is 10.0. The number of ether oxygens (including phenoxy) is 1. The number of amides is 5. The third-order valence-corrected chi connectivity index (χ3v) is 5.42. The smallest absolute Gasteiger partial charge is 0.408 e. The zero-order valence-corrected chi connectivity index (χ0v) is 19.3. The molecule has 1 N–H and O–H groups in total. The first-order valence-corrected chi connectivity index (χ1v) is 11.0. The lowest BCUT2D eigenvalue weighted by Gasteiger charge is -2.35. The quantitative estimate of drug-likeness (QED) is 0.642. The minimum atomic E-state index is -0.650. The summed E-state index contributed by atoms with van der Waals surface area (Å²) in [5, 5.41) is 2.45. The molecule has 0 atom stereocenters. The number of alkyl carbamates (subject to hydrolysis) is 1. The summed E-state index contributed by atoms with van der Waals surface area (Å²) in [6, 6.07) is 6.69. The zero-order chi connectivity index (χ0) is 24.2. The van der Waals surface area contributed by atoms with E-state index in [1.54, 1.807) is 54.8 Å². The van der Waals surface area contributed by atoms with Crippen LogP contribution in [0.4, 0.5) is 4.79 Å². The Balaban J connectivity index is 1.37. The van der Waals surface area contributed by atoms with Crippen LogP contribution in [-0.2, 0) is 14.3 Å². The number of fused-ring (bicyclic) bond motifs is 1. The molecule has 1 fully saturated rings. The van der Waals surface area contributed by atoms with Crippen molar-refractivity contribution in [2.24, 2.45) is 0 Å². The molecular weight excluding hydrogens is 428 g/mol. The van der Waals surface area contributed by atoms with E-state index in [0.29, 0.717) is 43.7 Å². The Bertz CT molecular complexity index is 912. The van der Waals surface area contributed by atoms with Gasteiger partial charge in [0.1, 0.15) is 12.1 Å². The number of piperazine rings is 1. The number of imide groups is 1. The molecule has 0 spiro atoms. The lowest BCUT2D eigenvalue weighted by Crippen LogP contribution is -2.52. The van der Waals surface area contributed by atoms with E-state index in [2.05, 4.69) is 5.32 Å². The summed E-state index contributed by atoms with van der Waals surface area (Å²) in [7, 11) is 0. The number of benzene rings is 1. The van der Waals surface area contributed by atoms with Gasteiger partial charge in [-0.3, -0.25) is 24.1 Å². The second-order valence-corrected chi connectivity index (χ2v) is 9.03. The second-order valence-electron chi connectivity index (χ2n) is 9.03. The van der Waals surface area contributed by atoms with Gasteiger partial charge in [0.25, 0.3) is 11.8 Å². The maximum Gasteiger partial charge on any atom is 0.408 e. The van der Waals surface area contributed by atoms with Crippen LogP contribution >= 0.6 is 0 Å². The van der Waals surface area contributed by atoms with Crippen molar-refractivity contribution in [1.82, 2.24) is 20.0 Å². The van der Waals surface area contributed by atoms with E-state index in [9.17, 15) is 24.0 Å². The van der Waals surface area contributed by atoms with Crippen molar-refractivity contribution in [3.8, 4) is 0 Å². The van der Waals surface area contributed by atoms with Gasteiger partial charge < -0.3 is 19.9 Å².